The Hall–Kier alpha value is -2.37. The molecule has 0 aromatic heterocycles. The van der Waals surface area contributed by atoms with Gasteiger partial charge in [-0.1, -0.05) is 6.92 Å². The van der Waals surface area contributed by atoms with Gasteiger partial charge in [0.1, 0.15) is 0 Å². The van der Waals surface area contributed by atoms with E-state index in [-0.39, 0.29) is 18.2 Å². The normalized spacial score (nSPS) is 11.5. The van der Waals surface area contributed by atoms with E-state index < -0.39 is 11.8 Å². The summed E-state index contributed by atoms with van der Waals surface area (Å²) in [6.07, 6.45) is 0.00973. The first-order chi connectivity index (χ1) is 8.88. The van der Waals surface area contributed by atoms with Crippen molar-refractivity contribution in [1.29, 1.82) is 0 Å². The Labute approximate surface area is 111 Å². The molecule has 0 spiro atoms. The van der Waals surface area contributed by atoms with Crippen molar-refractivity contribution in [3.63, 3.8) is 0 Å². The van der Waals surface area contributed by atoms with Gasteiger partial charge in [0.25, 0.3) is 0 Å². The minimum atomic E-state index is -0.511. The molecule has 0 aliphatic rings. The predicted molar refractivity (Wildman–Crippen MR) is 72.4 cm³/mol. The molecule has 6 heteroatoms. The van der Waals surface area contributed by atoms with E-state index in [0.717, 1.165) is 0 Å². The topological polar surface area (TPSA) is 101 Å². The molecule has 3 amide bonds. The molecule has 0 aliphatic carbocycles. The summed E-state index contributed by atoms with van der Waals surface area (Å²) >= 11 is 0. The summed E-state index contributed by atoms with van der Waals surface area (Å²) in [5.74, 6) is -1.42. The molecule has 1 unspecified atom stereocenters. The molecule has 6 nitrogen and oxygen atoms in total. The van der Waals surface area contributed by atoms with E-state index in [4.69, 9.17) is 5.73 Å². The first kappa shape index (κ1) is 14.7. The SMILES string of the molecule is CC(=O)Nc1ccc(NC(=O)C(C)CC(N)=O)cc1. The molecule has 0 saturated heterocycles. The van der Waals surface area contributed by atoms with Crippen molar-refractivity contribution in [2.24, 2.45) is 11.7 Å². The highest BCUT2D eigenvalue weighted by Gasteiger charge is 2.15. The maximum Gasteiger partial charge on any atom is 0.227 e. The quantitative estimate of drug-likeness (QED) is 0.741. The van der Waals surface area contributed by atoms with Gasteiger partial charge in [-0.05, 0) is 24.3 Å². The number of nitrogens with two attached hydrogens (primary N) is 1. The Morgan fingerprint density at radius 1 is 1.11 bits per heavy atom. The molecule has 1 atom stereocenters. The molecule has 0 bridgehead atoms. The van der Waals surface area contributed by atoms with Gasteiger partial charge in [0, 0.05) is 30.6 Å². The molecule has 102 valence electrons. The van der Waals surface area contributed by atoms with Crippen LogP contribution in [0.2, 0.25) is 0 Å². The van der Waals surface area contributed by atoms with Crippen molar-refractivity contribution in [2.45, 2.75) is 20.3 Å². The minimum Gasteiger partial charge on any atom is -0.370 e. The molecule has 4 N–H and O–H groups in total. The van der Waals surface area contributed by atoms with Crippen LogP contribution in [0.1, 0.15) is 20.3 Å². The second-order valence-electron chi connectivity index (χ2n) is 4.32. The van der Waals surface area contributed by atoms with Crippen LogP contribution in [-0.2, 0) is 14.4 Å². The third-order valence-electron chi connectivity index (χ3n) is 2.43. The van der Waals surface area contributed by atoms with Crippen LogP contribution < -0.4 is 16.4 Å². The molecule has 19 heavy (non-hydrogen) atoms. The minimum absolute atomic E-state index is 0.00973. The van der Waals surface area contributed by atoms with Crippen LogP contribution in [0.25, 0.3) is 0 Å². The van der Waals surface area contributed by atoms with E-state index in [9.17, 15) is 14.4 Å². The third kappa shape index (κ3) is 5.20. The van der Waals surface area contributed by atoms with Gasteiger partial charge >= 0.3 is 0 Å². The van der Waals surface area contributed by atoms with Crippen molar-refractivity contribution in [3.05, 3.63) is 24.3 Å². The lowest BCUT2D eigenvalue weighted by Gasteiger charge is -2.11. The predicted octanol–water partition coefficient (Wildman–Crippen LogP) is 1.09. The van der Waals surface area contributed by atoms with Crippen LogP contribution in [0.5, 0.6) is 0 Å². The number of amides is 3. The first-order valence-corrected chi connectivity index (χ1v) is 5.85. The summed E-state index contributed by atoms with van der Waals surface area (Å²) in [5.41, 5.74) is 6.27. The van der Waals surface area contributed by atoms with Gasteiger partial charge in [-0.3, -0.25) is 14.4 Å². The smallest absolute Gasteiger partial charge is 0.227 e. The zero-order valence-corrected chi connectivity index (χ0v) is 10.9. The fourth-order valence-electron chi connectivity index (χ4n) is 1.50. The molecule has 1 aromatic carbocycles. The van der Waals surface area contributed by atoms with Gasteiger partial charge < -0.3 is 16.4 Å². The Balaban J connectivity index is 2.60. The number of nitrogens with one attached hydrogen (secondary N) is 2. The average molecular weight is 263 g/mol. The van der Waals surface area contributed by atoms with E-state index in [1.807, 2.05) is 0 Å². The molecular formula is C13H17N3O3. The summed E-state index contributed by atoms with van der Waals surface area (Å²) < 4.78 is 0. The lowest BCUT2D eigenvalue weighted by atomic mass is 10.1. The van der Waals surface area contributed by atoms with E-state index in [2.05, 4.69) is 10.6 Å². The number of anilines is 2. The number of carbonyl (C=O) groups excluding carboxylic acids is 3. The second kappa shape index (κ2) is 6.53. The lowest BCUT2D eigenvalue weighted by molar-refractivity contribution is -0.125. The van der Waals surface area contributed by atoms with Gasteiger partial charge in [0.15, 0.2) is 0 Å². The molecule has 1 rings (SSSR count). The van der Waals surface area contributed by atoms with Gasteiger partial charge in [-0.2, -0.15) is 0 Å². The molecule has 0 heterocycles. The zero-order chi connectivity index (χ0) is 14.4. The lowest BCUT2D eigenvalue weighted by Crippen LogP contribution is -2.25. The van der Waals surface area contributed by atoms with Crippen molar-refractivity contribution in [3.8, 4) is 0 Å². The van der Waals surface area contributed by atoms with E-state index >= 15 is 0 Å². The van der Waals surface area contributed by atoms with Crippen molar-refractivity contribution >= 4 is 29.1 Å². The van der Waals surface area contributed by atoms with Crippen LogP contribution in [-0.4, -0.2) is 17.7 Å². The van der Waals surface area contributed by atoms with E-state index in [1.165, 1.54) is 6.92 Å². The standard InChI is InChI=1S/C13H17N3O3/c1-8(7-12(14)18)13(19)16-11-5-3-10(4-6-11)15-9(2)17/h3-6,8H,7H2,1-2H3,(H2,14,18)(H,15,17)(H,16,19). The summed E-state index contributed by atoms with van der Waals surface area (Å²) in [4.78, 5) is 33.3. The molecular weight excluding hydrogens is 246 g/mol. The summed E-state index contributed by atoms with van der Waals surface area (Å²) in [6, 6.07) is 6.69. The highest BCUT2D eigenvalue weighted by molar-refractivity contribution is 5.95. The Kier molecular flexibility index (Phi) is 5.05. The summed E-state index contributed by atoms with van der Waals surface area (Å²) in [5, 5.41) is 5.29. The van der Waals surface area contributed by atoms with Gasteiger partial charge in [-0.15, -0.1) is 0 Å². The van der Waals surface area contributed by atoms with E-state index in [1.54, 1.807) is 31.2 Å². The fourth-order valence-corrected chi connectivity index (χ4v) is 1.50. The number of hydrogen-bond donors (Lipinski definition) is 3. The van der Waals surface area contributed by atoms with Crippen LogP contribution in [0.15, 0.2) is 24.3 Å². The molecule has 1 aromatic rings. The van der Waals surface area contributed by atoms with Crippen molar-refractivity contribution < 1.29 is 14.4 Å². The van der Waals surface area contributed by atoms with Gasteiger partial charge in [0.2, 0.25) is 17.7 Å². The highest BCUT2D eigenvalue weighted by Crippen LogP contribution is 2.15. The molecule has 0 saturated carbocycles. The van der Waals surface area contributed by atoms with Crippen molar-refractivity contribution in [1.82, 2.24) is 0 Å². The Bertz CT molecular complexity index is 482. The zero-order valence-electron chi connectivity index (χ0n) is 10.9. The van der Waals surface area contributed by atoms with Crippen LogP contribution >= 0.6 is 0 Å². The number of rotatable bonds is 5. The second-order valence-corrected chi connectivity index (χ2v) is 4.32. The summed E-state index contributed by atoms with van der Waals surface area (Å²) in [6.45, 7) is 3.05. The van der Waals surface area contributed by atoms with Crippen molar-refractivity contribution in [2.75, 3.05) is 10.6 Å². The first-order valence-electron chi connectivity index (χ1n) is 5.85. The van der Waals surface area contributed by atoms with Crippen LogP contribution in [0.3, 0.4) is 0 Å². The number of primary amides is 1. The molecule has 0 radical (unpaired) electrons. The molecule has 0 aliphatic heterocycles. The number of benzene rings is 1. The summed E-state index contributed by atoms with van der Waals surface area (Å²) in [7, 11) is 0. The number of hydrogen-bond acceptors (Lipinski definition) is 3. The van der Waals surface area contributed by atoms with Gasteiger partial charge in [0.05, 0.1) is 0 Å². The Morgan fingerprint density at radius 2 is 1.58 bits per heavy atom. The van der Waals surface area contributed by atoms with E-state index in [0.29, 0.717) is 11.4 Å². The third-order valence-corrected chi connectivity index (χ3v) is 2.43. The van der Waals surface area contributed by atoms with Gasteiger partial charge in [-0.25, -0.2) is 0 Å². The van der Waals surface area contributed by atoms with Crippen LogP contribution in [0.4, 0.5) is 11.4 Å². The fraction of sp³-hybridized carbons (Fsp3) is 0.308. The largest absolute Gasteiger partial charge is 0.370 e. The maximum atomic E-state index is 11.7. The average Bonchev–Trinajstić information content (AvgIpc) is 2.30. The monoisotopic (exact) mass is 263 g/mol. The molecule has 0 fully saturated rings. The number of carbonyl (C=O) groups is 3. The highest BCUT2D eigenvalue weighted by atomic mass is 16.2. The maximum absolute atomic E-state index is 11.7. The Morgan fingerprint density at radius 3 is 2.00 bits per heavy atom. The van der Waals surface area contributed by atoms with Crippen LogP contribution in [0, 0.1) is 5.92 Å².